The summed E-state index contributed by atoms with van der Waals surface area (Å²) in [6.07, 6.45) is -1.13. The summed E-state index contributed by atoms with van der Waals surface area (Å²) < 4.78 is 48.7. The predicted octanol–water partition coefficient (Wildman–Crippen LogP) is 3.04. The molecule has 0 saturated carbocycles. The molecule has 0 aromatic carbocycles. The average molecular weight is 480 g/mol. The van der Waals surface area contributed by atoms with Gasteiger partial charge >= 0.3 is 12.3 Å². The molecule has 1 fully saturated rings. The largest absolute Gasteiger partial charge is 0.444 e. The molecule has 1 N–H and O–H groups in total. The highest BCUT2D eigenvalue weighted by molar-refractivity contribution is 6.02. The number of fused-ring (bicyclic) bond motifs is 1. The van der Waals surface area contributed by atoms with Gasteiger partial charge in [0.25, 0.3) is 11.5 Å². The van der Waals surface area contributed by atoms with Crippen LogP contribution in [-0.4, -0.2) is 59.7 Å². The third-order valence-corrected chi connectivity index (χ3v) is 5.44. The van der Waals surface area contributed by atoms with Crippen LogP contribution in [-0.2, 0) is 10.9 Å². The number of nitrogens with zero attached hydrogens (tertiary/aromatic N) is 5. The summed E-state index contributed by atoms with van der Waals surface area (Å²) in [5.41, 5.74) is -3.60. The van der Waals surface area contributed by atoms with Crippen molar-refractivity contribution in [3.8, 4) is 0 Å². The molecule has 3 aromatic heterocycles. The zero-order chi connectivity index (χ0) is 24.8. The van der Waals surface area contributed by atoms with Crippen molar-refractivity contribution in [3.05, 3.63) is 52.1 Å². The number of piperidine rings is 1. The first-order valence-corrected chi connectivity index (χ1v) is 10.6. The van der Waals surface area contributed by atoms with E-state index in [4.69, 9.17) is 4.74 Å². The first kappa shape index (κ1) is 23.5. The second-order valence-corrected chi connectivity index (χ2v) is 9.06. The van der Waals surface area contributed by atoms with E-state index in [9.17, 15) is 27.6 Å². The Morgan fingerprint density at radius 3 is 2.41 bits per heavy atom. The molecule has 0 aliphatic carbocycles. The van der Waals surface area contributed by atoms with Crippen molar-refractivity contribution < 1.29 is 27.5 Å². The van der Waals surface area contributed by atoms with Crippen molar-refractivity contribution in [1.82, 2.24) is 29.0 Å². The summed E-state index contributed by atoms with van der Waals surface area (Å²) in [4.78, 5) is 45.2. The predicted molar refractivity (Wildman–Crippen MR) is 113 cm³/mol. The summed E-state index contributed by atoms with van der Waals surface area (Å²) in [5.74, 6) is -1.38. The van der Waals surface area contributed by atoms with Gasteiger partial charge in [0, 0.05) is 37.5 Å². The number of hydrogen-bond donors (Lipinski definition) is 1. The number of hydrogen-bond acceptors (Lipinski definition) is 6. The number of aromatic amines is 1. The molecular weight excluding hydrogens is 457 g/mol. The van der Waals surface area contributed by atoms with Gasteiger partial charge in [-0.2, -0.15) is 18.3 Å². The zero-order valence-electron chi connectivity index (χ0n) is 18.7. The minimum absolute atomic E-state index is 0.234. The molecule has 0 spiro atoms. The molecule has 4 heterocycles. The lowest BCUT2D eigenvalue weighted by Gasteiger charge is -2.33. The maximum absolute atomic E-state index is 13.8. The van der Waals surface area contributed by atoms with Crippen molar-refractivity contribution in [2.75, 3.05) is 13.1 Å². The third kappa shape index (κ3) is 4.54. The van der Waals surface area contributed by atoms with Crippen LogP contribution in [0.2, 0.25) is 0 Å². The van der Waals surface area contributed by atoms with Gasteiger partial charge in [0.05, 0.1) is 5.69 Å². The summed E-state index contributed by atoms with van der Waals surface area (Å²) in [6, 6.07) is 1.18. The fourth-order valence-corrected chi connectivity index (χ4v) is 3.95. The fourth-order valence-electron chi connectivity index (χ4n) is 3.95. The topological polar surface area (TPSA) is 115 Å². The highest BCUT2D eigenvalue weighted by Gasteiger charge is 2.42. The number of amides is 1. The number of halogens is 3. The standard InChI is InChI=1S/C21H23F3N6O4/c1-20(2,3)34-19(33)28-7-4-12(5-8-28)13-10-14(31)26-17-15(18(32)29-9-6-25-11-29)16(21(22,23)24)27-30(13)17/h6,9-12H,4-5,7-8H2,1-3H3,(H,26,31). The first-order chi connectivity index (χ1) is 15.8. The summed E-state index contributed by atoms with van der Waals surface area (Å²) >= 11 is 0. The number of nitrogens with one attached hydrogen (secondary N) is 1. The number of ether oxygens (including phenoxy) is 1. The van der Waals surface area contributed by atoms with Crippen LogP contribution in [0.25, 0.3) is 5.65 Å². The lowest BCUT2D eigenvalue weighted by atomic mass is 9.93. The molecule has 0 radical (unpaired) electrons. The van der Waals surface area contributed by atoms with E-state index in [1.165, 1.54) is 23.4 Å². The minimum atomic E-state index is -4.94. The molecule has 0 unspecified atom stereocenters. The van der Waals surface area contributed by atoms with Crippen molar-refractivity contribution in [1.29, 1.82) is 0 Å². The van der Waals surface area contributed by atoms with Crippen LogP contribution in [0.5, 0.6) is 0 Å². The molecule has 10 nitrogen and oxygen atoms in total. The van der Waals surface area contributed by atoms with E-state index >= 15 is 0 Å². The summed E-state index contributed by atoms with van der Waals surface area (Å²) in [5, 5.41) is 3.70. The molecule has 1 aliphatic heterocycles. The molecule has 1 aliphatic rings. The van der Waals surface area contributed by atoms with Gasteiger partial charge in [-0.15, -0.1) is 0 Å². The van der Waals surface area contributed by atoms with E-state index < -0.39 is 40.6 Å². The van der Waals surface area contributed by atoms with Crippen LogP contribution < -0.4 is 5.56 Å². The van der Waals surface area contributed by atoms with Gasteiger partial charge < -0.3 is 14.6 Å². The summed E-state index contributed by atoms with van der Waals surface area (Å²) in [6.45, 7) is 5.85. The molecule has 1 saturated heterocycles. The Morgan fingerprint density at radius 1 is 1.18 bits per heavy atom. The molecular formula is C21H23F3N6O4. The number of carbonyl (C=O) groups excluding carboxylic acids is 2. The second-order valence-electron chi connectivity index (χ2n) is 9.06. The van der Waals surface area contributed by atoms with E-state index in [-0.39, 0.29) is 17.3 Å². The Balaban J connectivity index is 1.72. The number of alkyl halides is 3. The van der Waals surface area contributed by atoms with Gasteiger partial charge in [-0.1, -0.05) is 0 Å². The van der Waals surface area contributed by atoms with E-state index in [1.54, 1.807) is 20.8 Å². The SMILES string of the molecule is CC(C)(C)OC(=O)N1CCC(c2cc(=O)[nH]c3c(C(=O)n4ccnc4)c(C(F)(F)F)nn23)CC1. The molecule has 4 rings (SSSR count). The maximum atomic E-state index is 13.8. The van der Waals surface area contributed by atoms with E-state index in [0.717, 1.165) is 15.4 Å². The maximum Gasteiger partial charge on any atom is 0.436 e. The van der Waals surface area contributed by atoms with Crippen molar-refractivity contribution in [3.63, 3.8) is 0 Å². The van der Waals surface area contributed by atoms with Crippen LogP contribution in [0, 0.1) is 0 Å². The van der Waals surface area contributed by atoms with Crippen LogP contribution in [0.15, 0.2) is 29.6 Å². The van der Waals surface area contributed by atoms with Gasteiger partial charge in [-0.25, -0.2) is 14.3 Å². The second kappa shape index (κ2) is 8.29. The Morgan fingerprint density at radius 2 is 1.85 bits per heavy atom. The van der Waals surface area contributed by atoms with Gasteiger partial charge in [0.2, 0.25) is 0 Å². The van der Waals surface area contributed by atoms with E-state index in [2.05, 4.69) is 15.1 Å². The van der Waals surface area contributed by atoms with Crippen molar-refractivity contribution in [2.45, 2.75) is 51.3 Å². The Kier molecular flexibility index (Phi) is 5.74. The van der Waals surface area contributed by atoms with Crippen molar-refractivity contribution in [2.24, 2.45) is 0 Å². The van der Waals surface area contributed by atoms with Crippen LogP contribution in [0.1, 0.15) is 61.3 Å². The number of aromatic nitrogens is 5. The highest BCUT2D eigenvalue weighted by Crippen LogP contribution is 2.35. The number of carbonyl (C=O) groups is 2. The number of likely N-dealkylation sites (tertiary alicyclic amines) is 1. The van der Waals surface area contributed by atoms with Crippen LogP contribution in [0.3, 0.4) is 0 Å². The van der Waals surface area contributed by atoms with Crippen molar-refractivity contribution >= 4 is 17.6 Å². The smallest absolute Gasteiger partial charge is 0.436 e. The van der Waals surface area contributed by atoms with Gasteiger partial charge in [0.1, 0.15) is 23.1 Å². The zero-order valence-corrected chi connectivity index (χ0v) is 18.7. The minimum Gasteiger partial charge on any atom is -0.444 e. The molecule has 1 amide bonds. The fraction of sp³-hybridized carbons (Fsp3) is 0.476. The lowest BCUT2D eigenvalue weighted by Crippen LogP contribution is -2.41. The van der Waals surface area contributed by atoms with E-state index in [0.29, 0.717) is 25.9 Å². The van der Waals surface area contributed by atoms with Crippen LogP contribution >= 0.6 is 0 Å². The molecule has 34 heavy (non-hydrogen) atoms. The highest BCUT2D eigenvalue weighted by atomic mass is 19.4. The monoisotopic (exact) mass is 480 g/mol. The molecule has 3 aromatic rings. The van der Waals surface area contributed by atoms with Crippen LogP contribution in [0.4, 0.5) is 18.0 Å². The van der Waals surface area contributed by atoms with Gasteiger partial charge in [-0.3, -0.25) is 14.2 Å². The van der Waals surface area contributed by atoms with E-state index in [1.807, 2.05) is 0 Å². The number of rotatable bonds is 2. The Labute approximate surface area is 191 Å². The van der Waals surface area contributed by atoms with Gasteiger partial charge in [0.15, 0.2) is 5.69 Å². The lowest BCUT2D eigenvalue weighted by molar-refractivity contribution is -0.141. The molecule has 13 heteroatoms. The Hall–Kier alpha value is -3.64. The normalized spacial score (nSPS) is 15.6. The summed E-state index contributed by atoms with van der Waals surface area (Å²) in [7, 11) is 0. The number of imidazole rings is 1. The van der Waals surface area contributed by atoms with Gasteiger partial charge in [-0.05, 0) is 33.6 Å². The average Bonchev–Trinajstić information content (AvgIpc) is 3.39. The molecule has 0 bridgehead atoms. The molecule has 182 valence electrons. The third-order valence-electron chi connectivity index (χ3n) is 5.44. The molecule has 0 atom stereocenters. The number of H-pyrrole nitrogens is 1. The first-order valence-electron chi connectivity index (χ1n) is 10.6. The Bertz CT molecular complexity index is 1280. The quantitative estimate of drug-likeness (QED) is 0.603.